The second-order valence-electron chi connectivity index (χ2n) is 8.66. The number of hydrogen-bond donors (Lipinski definition) is 0. The molecule has 0 radical (unpaired) electrons. The average molecular weight is 439 g/mol. The number of quaternary nitrogens is 1. The summed E-state index contributed by atoms with van der Waals surface area (Å²) >= 11 is 1.20. The molecule has 6 nitrogen and oxygen atoms in total. The lowest BCUT2D eigenvalue weighted by Crippen LogP contribution is -2.49. The second-order valence-corrected chi connectivity index (χ2v) is 9.18. The molecule has 7 heteroatoms. The van der Waals surface area contributed by atoms with E-state index in [1.54, 1.807) is 0 Å². The van der Waals surface area contributed by atoms with E-state index in [2.05, 4.69) is 35.7 Å². The van der Waals surface area contributed by atoms with Gasteiger partial charge in [-0.05, 0) is 12.8 Å². The summed E-state index contributed by atoms with van der Waals surface area (Å²) in [6.07, 6.45) is 14.1. The molecule has 0 spiro atoms. The minimum Gasteiger partial charge on any atom is -0.475 e. The second kappa shape index (κ2) is 13.8. The first-order valence-electron chi connectivity index (χ1n) is 11.7. The van der Waals surface area contributed by atoms with E-state index >= 15 is 0 Å². The maximum atomic E-state index is 12.1. The van der Waals surface area contributed by atoms with Crippen LogP contribution in [0.5, 0.6) is 5.88 Å². The molecule has 0 aliphatic carbocycles. The number of esters is 1. The Morgan fingerprint density at radius 2 is 1.80 bits per heavy atom. The molecule has 2 rings (SSSR count). The number of aromatic nitrogens is 2. The first-order chi connectivity index (χ1) is 14.6. The van der Waals surface area contributed by atoms with Crippen molar-refractivity contribution in [1.82, 2.24) is 8.75 Å². The lowest BCUT2D eigenvalue weighted by molar-refractivity contribution is -0.919. The molecular weight excluding hydrogens is 398 g/mol. The Labute approximate surface area is 186 Å². The summed E-state index contributed by atoms with van der Waals surface area (Å²) in [7, 11) is 2.15. The van der Waals surface area contributed by atoms with Gasteiger partial charge in [0.2, 0.25) is 6.73 Å². The Kier molecular flexibility index (Phi) is 11.4. The van der Waals surface area contributed by atoms with E-state index in [9.17, 15) is 4.79 Å². The zero-order chi connectivity index (χ0) is 21.7. The summed E-state index contributed by atoms with van der Waals surface area (Å²) in [5.41, 5.74) is 2.01. The van der Waals surface area contributed by atoms with Crippen molar-refractivity contribution < 1.29 is 18.8 Å². The normalized spacial score (nSPS) is 18.8. The van der Waals surface area contributed by atoms with Gasteiger partial charge in [-0.25, -0.2) is 0 Å². The van der Waals surface area contributed by atoms with Crippen molar-refractivity contribution >= 4 is 23.3 Å². The largest absolute Gasteiger partial charge is 0.475 e. The van der Waals surface area contributed by atoms with Gasteiger partial charge in [0.15, 0.2) is 0 Å². The third-order valence-corrected chi connectivity index (χ3v) is 6.14. The molecule has 1 aromatic rings. The van der Waals surface area contributed by atoms with Crippen molar-refractivity contribution in [2.24, 2.45) is 0 Å². The predicted octanol–water partition coefficient (Wildman–Crippen LogP) is 5.59. The van der Waals surface area contributed by atoms with E-state index in [0.29, 0.717) is 30.1 Å². The molecule has 0 amide bonds. The number of unbranched alkanes of at least 4 members (excludes halogenated alkanes) is 7. The number of nitrogens with zero attached hydrogens (tertiary/aromatic N) is 3. The van der Waals surface area contributed by atoms with Gasteiger partial charge in [0.05, 0.1) is 31.9 Å². The maximum absolute atomic E-state index is 12.1. The van der Waals surface area contributed by atoms with E-state index < -0.39 is 0 Å². The molecule has 30 heavy (non-hydrogen) atoms. The molecule has 0 saturated carbocycles. The number of likely N-dealkylation sites (N-methyl/N-ethyl adjacent to an activating group) is 1. The SMILES string of the molecule is CCCCCCCC(=O)OC[N+]1(C)CCC=C(c2nsnc2OCCCCCC)C1. The quantitative estimate of drug-likeness (QED) is 0.203. The van der Waals surface area contributed by atoms with Gasteiger partial charge < -0.3 is 9.47 Å². The lowest BCUT2D eigenvalue weighted by atomic mass is 10.1. The summed E-state index contributed by atoms with van der Waals surface area (Å²) in [4.78, 5) is 12.1. The van der Waals surface area contributed by atoms with Crippen LogP contribution in [0.1, 0.15) is 90.2 Å². The monoisotopic (exact) mass is 438 g/mol. The lowest BCUT2D eigenvalue weighted by Gasteiger charge is -2.36. The highest BCUT2D eigenvalue weighted by atomic mass is 32.1. The van der Waals surface area contributed by atoms with Gasteiger partial charge in [-0.2, -0.15) is 4.37 Å². The number of ether oxygens (including phenoxy) is 2. The fourth-order valence-electron chi connectivity index (χ4n) is 3.73. The van der Waals surface area contributed by atoms with Crippen LogP contribution in [-0.2, 0) is 9.53 Å². The smallest absolute Gasteiger partial charge is 0.310 e. The minimum absolute atomic E-state index is 0.0756. The van der Waals surface area contributed by atoms with Crippen LogP contribution in [0.25, 0.3) is 5.57 Å². The zero-order valence-corrected chi connectivity index (χ0v) is 20.0. The molecule has 0 aromatic carbocycles. The van der Waals surface area contributed by atoms with Gasteiger partial charge in [-0.1, -0.05) is 64.9 Å². The first kappa shape index (κ1) is 24.8. The Hall–Kier alpha value is -1.47. The van der Waals surface area contributed by atoms with Crippen molar-refractivity contribution in [3.63, 3.8) is 0 Å². The van der Waals surface area contributed by atoms with Crippen molar-refractivity contribution in [3.05, 3.63) is 11.8 Å². The fraction of sp³-hybridized carbons (Fsp3) is 0.783. The van der Waals surface area contributed by atoms with Crippen LogP contribution in [-0.4, -0.2) is 52.7 Å². The summed E-state index contributed by atoms with van der Waals surface area (Å²) in [6, 6.07) is 0. The van der Waals surface area contributed by atoms with Crippen LogP contribution in [0.4, 0.5) is 0 Å². The van der Waals surface area contributed by atoms with Crippen LogP contribution in [0.15, 0.2) is 6.08 Å². The molecule has 170 valence electrons. The van der Waals surface area contributed by atoms with E-state index in [1.165, 1.54) is 50.3 Å². The van der Waals surface area contributed by atoms with Gasteiger partial charge in [-0.15, -0.1) is 4.37 Å². The summed E-state index contributed by atoms with van der Waals surface area (Å²) in [5, 5.41) is 0. The Bertz CT molecular complexity index is 662. The topological polar surface area (TPSA) is 61.3 Å². The van der Waals surface area contributed by atoms with Gasteiger partial charge in [0.1, 0.15) is 12.2 Å². The molecule has 0 bridgehead atoms. The highest BCUT2D eigenvalue weighted by Crippen LogP contribution is 2.30. The van der Waals surface area contributed by atoms with Crippen molar-refractivity contribution in [3.8, 4) is 5.88 Å². The van der Waals surface area contributed by atoms with Gasteiger partial charge in [0, 0.05) is 18.4 Å². The molecule has 1 atom stereocenters. The van der Waals surface area contributed by atoms with Crippen LogP contribution >= 0.6 is 11.7 Å². The third-order valence-electron chi connectivity index (χ3n) is 5.63. The van der Waals surface area contributed by atoms with Crippen LogP contribution in [0.3, 0.4) is 0 Å². The summed E-state index contributed by atoms with van der Waals surface area (Å²) in [6.45, 7) is 7.24. The summed E-state index contributed by atoms with van der Waals surface area (Å²) in [5.74, 6) is 0.577. The third kappa shape index (κ3) is 8.72. The van der Waals surface area contributed by atoms with Gasteiger partial charge in [0.25, 0.3) is 5.88 Å². The molecule has 1 unspecified atom stereocenters. The van der Waals surface area contributed by atoms with Crippen LogP contribution < -0.4 is 4.74 Å². The number of rotatable bonds is 15. The standard InChI is InChI=1S/C23H40N3O3S/c1-4-6-8-10-11-15-21(27)29-19-26(3)16-13-14-20(18-26)22-23(25-30-24-22)28-17-12-9-7-5-2/h14H,4-13,15-19H2,1-3H3/q+1. The fourth-order valence-corrected chi connectivity index (χ4v) is 4.26. The van der Waals surface area contributed by atoms with Crippen LogP contribution in [0, 0.1) is 0 Å². The van der Waals surface area contributed by atoms with E-state index in [-0.39, 0.29) is 5.97 Å². The van der Waals surface area contributed by atoms with Gasteiger partial charge in [-0.3, -0.25) is 9.28 Å². The molecule has 0 N–H and O–H groups in total. The Morgan fingerprint density at radius 1 is 1.07 bits per heavy atom. The zero-order valence-electron chi connectivity index (χ0n) is 19.2. The van der Waals surface area contributed by atoms with Crippen LogP contribution in [0.2, 0.25) is 0 Å². The van der Waals surface area contributed by atoms with E-state index in [1.807, 2.05) is 0 Å². The number of hydrogen-bond acceptors (Lipinski definition) is 6. The van der Waals surface area contributed by atoms with Crippen molar-refractivity contribution in [1.29, 1.82) is 0 Å². The summed E-state index contributed by atoms with van der Waals surface area (Å²) < 4.78 is 21.1. The van der Waals surface area contributed by atoms with E-state index in [0.717, 1.165) is 50.0 Å². The molecule has 0 saturated heterocycles. The Balaban J connectivity index is 1.79. The predicted molar refractivity (Wildman–Crippen MR) is 122 cm³/mol. The molecule has 1 aliphatic heterocycles. The molecule has 1 aliphatic rings. The highest BCUT2D eigenvalue weighted by molar-refractivity contribution is 6.99. The minimum atomic E-state index is -0.0756. The van der Waals surface area contributed by atoms with Crippen molar-refractivity contribution in [2.45, 2.75) is 84.5 Å². The molecule has 2 heterocycles. The average Bonchev–Trinajstić information content (AvgIpc) is 3.21. The maximum Gasteiger partial charge on any atom is 0.310 e. The molecule has 1 aromatic heterocycles. The highest BCUT2D eigenvalue weighted by Gasteiger charge is 2.31. The molecular formula is C23H40N3O3S+. The Morgan fingerprint density at radius 3 is 2.57 bits per heavy atom. The number of carbonyl (C=O) groups is 1. The van der Waals surface area contributed by atoms with E-state index in [4.69, 9.17) is 9.47 Å². The van der Waals surface area contributed by atoms with Gasteiger partial charge >= 0.3 is 5.97 Å². The van der Waals surface area contributed by atoms with Crippen molar-refractivity contribution in [2.75, 3.05) is 33.5 Å². The molecule has 0 fully saturated rings. The first-order valence-corrected chi connectivity index (χ1v) is 12.4. The number of carbonyl (C=O) groups excluding carboxylic acids is 1.